The van der Waals surface area contributed by atoms with Crippen LogP contribution in [0.25, 0.3) is 0 Å². The molecule has 31 heavy (non-hydrogen) atoms. The third kappa shape index (κ3) is 8.45. The van der Waals surface area contributed by atoms with Crippen molar-refractivity contribution in [2.45, 2.75) is 13.3 Å². The third-order valence-electron chi connectivity index (χ3n) is 3.81. The van der Waals surface area contributed by atoms with Gasteiger partial charge in [0.15, 0.2) is 6.61 Å². The summed E-state index contributed by atoms with van der Waals surface area (Å²) in [6, 6.07) is 14.8. The molecule has 0 spiro atoms. The van der Waals surface area contributed by atoms with Crippen molar-refractivity contribution in [1.82, 2.24) is 5.32 Å². The molecule has 0 radical (unpaired) electrons. The summed E-state index contributed by atoms with van der Waals surface area (Å²) in [6.45, 7) is 2.57. The van der Waals surface area contributed by atoms with E-state index >= 15 is 0 Å². The van der Waals surface area contributed by atoms with E-state index in [-0.39, 0.29) is 25.1 Å². The van der Waals surface area contributed by atoms with Gasteiger partial charge >= 0.3 is 5.97 Å². The van der Waals surface area contributed by atoms with Gasteiger partial charge in [0, 0.05) is 5.69 Å². The van der Waals surface area contributed by atoms with Gasteiger partial charge in [0.2, 0.25) is 5.91 Å². The molecule has 0 aliphatic heterocycles. The van der Waals surface area contributed by atoms with Crippen molar-refractivity contribution in [2.75, 3.05) is 31.7 Å². The number of carbonyl (C=O) groups excluding carboxylic acids is 3. The lowest BCUT2D eigenvalue weighted by Gasteiger charge is -2.09. The van der Waals surface area contributed by atoms with Crippen LogP contribution in [0.5, 0.6) is 11.5 Å². The number of hydrogen-bond acceptors (Lipinski definition) is 7. The number of nitrogens with zero attached hydrogens (tertiary/aromatic N) is 1. The highest BCUT2D eigenvalue weighted by Crippen LogP contribution is 2.17. The first-order valence-electron chi connectivity index (χ1n) is 9.58. The van der Waals surface area contributed by atoms with Crippen LogP contribution in [-0.2, 0) is 14.3 Å². The number of anilines is 1. The Balaban J connectivity index is 1.65. The number of benzene rings is 2. The first-order chi connectivity index (χ1) is 15.0. The number of rotatable bonds is 11. The Morgan fingerprint density at radius 2 is 1.58 bits per heavy atom. The van der Waals surface area contributed by atoms with Crippen LogP contribution >= 0.6 is 0 Å². The van der Waals surface area contributed by atoms with Crippen LogP contribution in [0.4, 0.5) is 5.69 Å². The summed E-state index contributed by atoms with van der Waals surface area (Å²) in [5.41, 5.74) is 0.673. The molecule has 0 fully saturated rings. The first-order valence-corrected chi connectivity index (χ1v) is 9.58. The van der Waals surface area contributed by atoms with E-state index in [1.807, 2.05) is 6.92 Å². The predicted octanol–water partition coefficient (Wildman–Crippen LogP) is 2.29. The second-order valence-corrected chi connectivity index (χ2v) is 6.14. The molecular formula is C22H23N3O6. The molecule has 2 aromatic rings. The fourth-order valence-electron chi connectivity index (χ4n) is 2.39. The Labute approximate surface area is 179 Å². The molecular weight excluding hydrogens is 402 g/mol. The van der Waals surface area contributed by atoms with E-state index in [0.29, 0.717) is 18.0 Å². The molecule has 0 aliphatic carbocycles. The topological polar surface area (TPSA) is 127 Å². The SMILES string of the molecule is CCOc1ccc(OCCNC(=O)COC(=O)c2ccc(NC(=O)CC#N)cc2)cc1. The van der Waals surface area contributed by atoms with E-state index in [1.165, 1.54) is 24.3 Å². The van der Waals surface area contributed by atoms with Crippen molar-refractivity contribution in [3.63, 3.8) is 0 Å². The van der Waals surface area contributed by atoms with E-state index in [0.717, 1.165) is 5.75 Å². The van der Waals surface area contributed by atoms with Crippen molar-refractivity contribution < 1.29 is 28.6 Å². The largest absolute Gasteiger partial charge is 0.494 e. The standard InChI is InChI=1S/C22H23N3O6/c1-2-29-18-7-9-19(10-8-18)30-14-13-24-21(27)15-31-22(28)16-3-5-17(6-4-16)25-20(26)11-12-23/h3-10H,2,11,13-15H2,1H3,(H,24,27)(H,25,26). The zero-order chi connectivity index (χ0) is 22.5. The normalized spacial score (nSPS) is 9.81. The quantitative estimate of drug-likeness (QED) is 0.418. The summed E-state index contributed by atoms with van der Waals surface area (Å²) in [5, 5.41) is 13.6. The van der Waals surface area contributed by atoms with Crippen molar-refractivity contribution in [2.24, 2.45) is 0 Å². The maximum atomic E-state index is 12.0. The van der Waals surface area contributed by atoms with Gasteiger partial charge in [-0.3, -0.25) is 9.59 Å². The van der Waals surface area contributed by atoms with Gasteiger partial charge in [0.25, 0.3) is 5.91 Å². The van der Waals surface area contributed by atoms with E-state index < -0.39 is 24.4 Å². The fourth-order valence-corrected chi connectivity index (χ4v) is 2.39. The average molecular weight is 425 g/mol. The molecule has 0 saturated heterocycles. The average Bonchev–Trinajstić information content (AvgIpc) is 2.77. The van der Waals surface area contributed by atoms with Gasteiger partial charge in [-0.25, -0.2) is 4.79 Å². The van der Waals surface area contributed by atoms with Crippen LogP contribution in [0.15, 0.2) is 48.5 Å². The van der Waals surface area contributed by atoms with Gasteiger partial charge in [0.05, 0.1) is 24.8 Å². The highest BCUT2D eigenvalue weighted by molar-refractivity contribution is 5.94. The van der Waals surface area contributed by atoms with E-state index in [9.17, 15) is 14.4 Å². The summed E-state index contributed by atoms with van der Waals surface area (Å²) in [6.07, 6.45) is -0.260. The summed E-state index contributed by atoms with van der Waals surface area (Å²) in [7, 11) is 0. The molecule has 0 aliphatic rings. The maximum absolute atomic E-state index is 12.0. The molecule has 0 heterocycles. The molecule has 2 rings (SSSR count). The summed E-state index contributed by atoms with van der Waals surface area (Å²) in [4.78, 5) is 35.2. The smallest absolute Gasteiger partial charge is 0.338 e. The van der Waals surface area contributed by atoms with E-state index in [1.54, 1.807) is 30.3 Å². The lowest BCUT2D eigenvalue weighted by atomic mass is 10.2. The molecule has 0 bridgehead atoms. The number of nitrogens with one attached hydrogen (secondary N) is 2. The molecule has 2 amide bonds. The number of ether oxygens (including phenoxy) is 3. The van der Waals surface area contributed by atoms with Crippen LogP contribution in [0.3, 0.4) is 0 Å². The van der Waals surface area contributed by atoms with Gasteiger partial charge in [-0.1, -0.05) is 0 Å². The van der Waals surface area contributed by atoms with Crippen LogP contribution in [-0.4, -0.2) is 44.1 Å². The molecule has 2 N–H and O–H groups in total. The van der Waals surface area contributed by atoms with Gasteiger partial charge in [0.1, 0.15) is 24.5 Å². The lowest BCUT2D eigenvalue weighted by molar-refractivity contribution is -0.124. The van der Waals surface area contributed by atoms with Gasteiger partial charge in [-0.15, -0.1) is 0 Å². The Hall–Kier alpha value is -4.06. The van der Waals surface area contributed by atoms with Crippen LogP contribution in [0, 0.1) is 11.3 Å². The summed E-state index contributed by atoms with van der Waals surface area (Å²) in [5.74, 6) is -0.166. The van der Waals surface area contributed by atoms with Crippen molar-refractivity contribution >= 4 is 23.5 Å². The summed E-state index contributed by atoms with van der Waals surface area (Å²) >= 11 is 0. The molecule has 9 nitrogen and oxygen atoms in total. The highest BCUT2D eigenvalue weighted by Gasteiger charge is 2.10. The zero-order valence-corrected chi connectivity index (χ0v) is 17.1. The Morgan fingerprint density at radius 1 is 0.935 bits per heavy atom. The Kier molecular flexibility index (Phi) is 9.36. The molecule has 0 unspecified atom stereocenters. The number of esters is 1. The van der Waals surface area contributed by atoms with Crippen LogP contribution in [0.1, 0.15) is 23.7 Å². The van der Waals surface area contributed by atoms with Crippen LogP contribution < -0.4 is 20.1 Å². The molecule has 0 aromatic heterocycles. The second-order valence-electron chi connectivity index (χ2n) is 6.14. The lowest BCUT2D eigenvalue weighted by Crippen LogP contribution is -2.32. The molecule has 2 aromatic carbocycles. The molecule has 0 atom stereocenters. The number of hydrogen-bond donors (Lipinski definition) is 2. The zero-order valence-electron chi connectivity index (χ0n) is 17.1. The molecule has 162 valence electrons. The monoisotopic (exact) mass is 425 g/mol. The highest BCUT2D eigenvalue weighted by atomic mass is 16.5. The Bertz CT molecular complexity index is 920. The summed E-state index contributed by atoms with van der Waals surface area (Å²) < 4.78 is 15.8. The minimum absolute atomic E-state index is 0.227. The number of carbonyl (C=O) groups is 3. The minimum atomic E-state index is -0.671. The fraction of sp³-hybridized carbons (Fsp3) is 0.273. The van der Waals surface area contributed by atoms with Crippen molar-refractivity contribution in [3.8, 4) is 17.6 Å². The van der Waals surface area contributed by atoms with Gasteiger partial charge < -0.3 is 24.8 Å². The van der Waals surface area contributed by atoms with E-state index in [2.05, 4.69) is 10.6 Å². The molecule has 0 saturated carbocycles. The van der Waals surface area contributed by atoms with Gasteiger partial charge in [-0.05, 0) is 55.5 Å². The number of nitriles is 1. The van der Waals surface area contributed by atoms with Crippen molar-refractivity contribution in [3.05, 3.63) is 54.1 Å². The maximum Gasteiger partial charge on any atom is 0.338 e. The minimum Gasteiger partial charge on any atom is -0.494 e. The third-order valence-corrected chi connectivity index (χ3v) is 3.81. The predicted molar refractivity (Wildman–Crippen MR) is 112 cm³/mol. The first kappa shape index (κ1) is 23.2. The Morgan fingerprint density at radius 3 is 2.19 bits per heavy atom. The van der Waals surface area contributed by atoms with E-state index in [4.69, 9.17) is 19.5 Å². The van der Waals surface area contributed by atoms with Crippen LogP contribution in [0.2, 0.25) is 0 Å². The van der Waals surface area contributed by atoms with Gasteiger partial charge in [-0.2, -0.15) is 5.26 Å². The molecule has 9 heteroatoms. The van der Waals surface area contributed by atoms with Crippen molar-refractivity contribution in [1.29, 1.82) is 5.26 Å². The number of amides is 2. The second kappa shape index (κ2) is 12.5.